The quantitative estimate of drug-likeness (QED) is 0.486. The number of hydrogen-bond donors (Lipinski definition) is 0. The van der Waals surface area contributed by atoms with Gasteiger partial charge in [0.25, 0.3) is 0 Å². The van der Waals surface area contributed by atoms with Crippen LogP contribution >= 0.6 is 35.3 Å². The zero-order chi connectivity index (χ0) is 15.5. The fraction of sp³-hybridized carbons (Fsp3) is 0.158. The van der Waals surface area contributed by atoms with Gasteiger partial charge in [-0.2, -0.15) is 0 Å². The Bertz CT molecular complexity index is 778. The van der Waals surface area contributed by atoms with Crippen LogP contribution < -0.4 is 0 Å². The Balaban J connectivity index is 2.34. The summed E-state index contributed by atoms with van der Waals surface area (Å²) in [7, 11) is 0. The number of benzene rings is 3. The van der Waals surface area contributed by atoms with E-state index in [1.54, 1.807) is 0 Å². The maximum atomic E-state index is 2.31. The molecule has 0 fully saturated rings. The Labute approximate surface area is 145 Å². The van der Waals surface area contributed by atoms with Gasteiger partial charge in [-0.3, -0.25) is 0 Å². The maximum absolute atomic E-state index is 2.31. The molecule has 0 aliphatic carbocycles. The normalized spacial score (nSPS) is 11.0. The minimum Gasteiger partial charge on any atom is -0.130 e. The highest BCUT2D eigenvalue weighted by atomic mass is 32.2. The molecule has 3 rings (SSSR count). The third-order valence-electron chi connectivity index (χ3n) is 3.77. The fourth-order valence-electron chi connectivity index (χ4n) is 2.71. The minimum absolute atomic E-state index is 1.30. The van der Waals surface area contributed by atoms with Gasteiger partial charge in [0.15, 0.2) is 0 Å². The van der Waals surface area contributed by atoms with Crippen LogP contribution in [0.3, 0.4) is 0 Å². The largest absolute Gasteiger partial charge is 0.130 e. The number of hydrogen-bond acceptors (Lipinski definition) is 3. The zero-order valence-corrected chi connectivity index (χ0v) is 15.4. The van der Waals surface area contributed by atoms with Crippen LogP contribution in [0.5, 0.6) is 0 Å². The molecule has 3 heteroatoms. The van der Waals surface area contributed by atoms with E-state index in [9.17, 15) is 0 Å². The maximum Gasteiger partial charge on any atom is 0.0170 e. The summed E-state index contributed by atoms with van der Waals surface area (Å²) in [4.78, 5) is 4.04. The van der Waals surface area contributed by atoms with Gasteiger partial charge in [-0.25, -0.2) is 0 Å². The van der Waals surface area contributed by atoms with E-state index in [1.165, 1.54) is 36.6 Å². The molecule has 0 saturated carbocycles. The molecule has 0 aliphatic rings. The van der Waals surface area contributed by atoms with Crippen molar-refractivity contribution >= 4 is 46.1 Å². The van der Waals surface area contributed by atoms with Crippen LogP contribution in [0.2, 0.25) is 0 Å². The molecule has 0 N–H and O–H groups in total. The van der Waals surface area contributed by atoms with Crippen LogP contribution in [0, 0.1) is 0 Å². The fourth-order valence-corrected chi connectivity index (χ4v) is 4.74. The van der Waals surface area contributed by atoms with Crippen molar-refractivity contribution in [3.05, 3.63) is 54.6 Å². The van der Waals surface area contributed by atoms with Crippen molar-refractivity contribution < 1.29 is 0 Å². The molecule has 0 spiro atoms. The SMILES string of the molecule is CSc1cc(SC)c(-c2cccc3ccccc23)c(SC)c1. The lowest BCUT2D eigenvalue weighted by Gasteiger charge is -2.16. The molecule has 0 saturated heterocycles. The van der Waals surface area contributed by atoms with Gasteiger partial charge in [0, 0.05) is 20.2 Å². The van der Waals surface area contributed by atoms with Gasteiger partial charge in [-0.1, -0.05) is 42.5 Å². The molecule has 0 radical (unpaired) electrons. The smallest absolute Gasteiger partial charge is 0.0170 e. The molecule has 3 aromatic rings. The summed E-state index contributed by atoms with van der Waals surface area (Å²) in [6, 6.07) is 19.9. The molecule has 0 nitrogen and oxygen atoms in total. The van der Waals surface area contributed by atoms with Crippen molar-refractivity contribution in [3.8, 4) is 11.1 Å². The second-order valence-corrected chi connectivity index (χ2v) is 7.51. The van der Waals surface area contributed by atoms with Crippen LogP contribution in [0.1, 0.15) is 0 Å². The zero-order valence-electron chi connectivity index (χ0n) is 12.9. The lowest BCUT2D eigenvalue weighted by atomic mass is 9.98. The number of thioether (sulfide) groups is 3. The van der Waals surface area contributed by atoms with Crippen molar-refractivity contribution in [1.82, 2.24) is 0 Å². The minimum atomic E-state index is 1.30. The molecular formula is C19H18S3. The molecule has 3 aromatic carbocycles. The highest BCUT2D eigenvalue weighted by molar-refractivity contribution is 8.00. The van der Waals surface area contributed by atoms with Gasteiger partial charge in [0.1, 0.15) is 0 Å². The predicted molar refractivity (Wildman–Crippen MR) is 105 cm³/mol. The van der Waals surface area contributed by atoms with Crippen molar-refractivity contribution in [1.29, 1.82) is 0 Å². The van der Waals surface area contributed by atoms with Gasteiger partial charge in [-0.05, 0) is 47.2 Å². The van der Waals surface area contributed by atoms with Crippen LogP contribution in [0.15, 0.2) is 69.3 Å². The summed E-state index contributed by atoms with van der Waals surface area (Å²) in [5.41, 5.74) is 2.70. The second-order valence-electron chi connectivity index (χ2n) is 4.93. The third-order valence-corrected chi connectivity index (χ3v) is 6.00. The molecule has 0 aromatic heterocycles. The summed E-state index contributed by atoms with van der Waals surface area (Å²) in [5, 5.41) is 2.63. The summed E-state index contributed by atoms with van der Waals surface area (Å²) >= 11 is 5.47. The van der Waals surface area contributed by atoms with E-state index in [2.05, 4.69) is 73.4 Å². The predicted octanol–water partition coefficient (Wildman–Crippen LogP) is 6.67. The van der Waals surface area contributed by atoms with Crippen LogP contribution in [0.25, 0.3) is 21.9 Å². The van der Waals surface area contributed by atoms with Gasteiger partial charge in [0.05, 0.1) is 0 Å². The van der Waals surface area contributed by atoms with E-state index < -0.39 is 0 Å². The Morgan fingerprint density at radius 1 is 0.682 bits per heavy atom. The molecule has 0 heterocycles. The van der Waals surface area contributed by atoms with Gasteiger partial charge in [-0.15, -0.1) is 35.3 Å². The van der Waals surface area contributed by atoms with E-state index in [-0.39, 0.29) is 0 Å². The van der Waals surface area contributed by atoms with E-state index >= 15 is 0 Å². The summed E-state index contributed by atoms with van der Waals surface area (Å²) in [5.74, 6) is 0. The Morgan fingerprint density at radius 2 is 1.32 bits per heavy atom. The van der Waals surface area contributed by atoms with Crippen LogP contribution in [-0.2, 0) is 0 Å². The van der Waals surface area contributed by atoms with E-state index in [0.717, 1.165) is 0 Å². The molecule has 22 heavy (non-hydrogen) atoms. The summed E-state index contributed by atoms with van der Waals surface area (Å²) in [6.45, 7) is 0. The van der Waals surface area contributed by atoms with Crippen LogP contribution in [-0.4, -0.2) is 18.8 Å². The van der Waals surface area contributed by atoms with E-state index in [0.29, 0.717) is 0 Å². The van der Waals surface area contributed by atoms with Gasteiger partial charge >= 0.3 is 0 Å². The first-order valence-corrected chi connectivity index (χ1v) is 10.7. The van der Waals surface area contributed by atoms with E-state index in [1.807, 2.05) is 35.3 Å². The number of rotatable bonds is 4. The summed E-state index contributed by atoms with van der Waals surface area (Å²) < 4.78 is 0. The van der Waals surface area contributed by atoms with Gasteiger partial charge in [0.2, 0.25) is 0 Å². The summed E-state index contributed by atoms with van der Waals surface area (Å²) in [6.07, 6.45) is 6.47. The lowest BCUT2D eigenvalue weighted by Crippen LogP contribution is -1.89. The highest BCUT2D eigenvalue weighted by Gasteiger charge is 2.14. The van der Waals surface area contributed by atoms with Crippen molar-refractivity contribution in [3.63, 3.8) is 0 Å². The molecule has 0 aliphatic heterocycles. The standard InChI is InChI=1S/C19H18S3/c1-20-14-11-17(21-2)19(18(12-14)22-3)16-10-6-8-13-7-4-5-9-15(13)16/h4-12H,1-3H3. The lowest BCUT2D eigenvalue weighted by molar-refractivity contribution is 1.24. The highest BCUT2D eigenvalue weighted by Crippen LogP contribution is 2.42. The van der Waals surface area contributed by atoms with Crippen molar-refractivity contribution in [2.24, 2.45) is 0 Å². The topological polar surface area (TPSA) is 0 Å². The van der Waals surface area contributed by atoms with Crippen LogP contribution in [0.4, 0.5) is 0 Å². The first kappa shape index (κ1) is 15.9. The molecule has 0 unspecified atom stereocenters. The third kappa shape index (κ3) is 2.90. The average molecular weight is 343 g/mol. The second kappa shape index (κ2) is 7.03. The van der Waals surface area contributed by atoms with E-state index in [4.69, 9.17) is 0 Å². The monoisotopic (exact) mass is 342 g/mol. The Kier molecular flexibility index (Phi) is 5.07. The first-order chi connectivity index (χ1) is 10.8. The number of fused-ring (bicyclic) bond motifs is 1. The molecular weight excluding hydrogens is 324 g/mol. The Morgan fingerprint density at radius 3 is 1.95 bits per heavy atom. The van der Waals surface area contributed by atoms with Crippen molar-refractivity contribution in [2.75, 3.05) is 18.8 Å². The van der Waals surface area contributed by atoms with Gasteiger partial charge < -0.3 is 0 Å². The average Bonchev–Trinajstić information content (AvgIpc) is 2.60. The molecule has 0 bridgehead atoms. The Hall–Kier alpha value is -1.03. The van der Waals surface area contributed by atoms with Crippen molar-refractivity contribution in [2.45, 2.75) is 14.7 Å². The molecule has 0 amide bonds. The first-order valence-electron chi connectivity index (χ1n) is 7.06. The molecule has 0 atom stereocenters. The molecule has 112 valence electrons.